The fourth-order valence-corrected chi connectivity index (χ4v) is 2.37. The summed E-state index contributed by atoms with van der Waals surface area (Å²) < 4.78 is 11.4. The van der Waals surface area contributed by atoms with Gasteiger partial charge in [-0.1, -0.05) is 13.0 Å². The first-order valence-corrected chi connectivity index (χ1v) is 6.78. The van der Waals surface area contributed by atoms with Crippen molar-refractivity contribution in [2.75, 3.05) is 33.9 Å². The Balaban J connectivity index is 2.16. The van der Waals surface area contributed by atoms with Gasteiger partial charge in [0.1, 0.15) is 6.10 Å². The molecule has 4 heteroatoms. The van der Waals surface area contributed by atoms with E-state index in [-0.39, 0.29) is 18.6 Å². The second-order valence-corrected chi connectivity index (χ2v) is 5.28. The highest BCUT2D eigenvalue weighted by Crippen LogP contribution is 2.32. The molecule has 0 saturated carbocycles. The molecule has 1 aromatic carbocycles. The van der Waals surface area contributed by atoms with Gasteiger partial charge in [-0.25, -0.2) is 0 Å². The molecule has 1 saturated heterocycles. The van der Waals surface area contributed by atoms with E-state index in [2.05, 4.69) is 11.9 Å². The van der Waals surface area contributed by atoms with E-state index in [1.807, 2.05) is 25.1 Å². The van der Waals surface area contributed by atoms with Crippen LogP contribution in [0.5, 0.6) is 11.5 Å². The van der Waals surface area contributed by atoms with Gasteiger partial charge in [-0.2, -0.15) is 0 Å². The number of ether oxygens (including phenoxy) is 2. The van der Waals surface area contributed by atoms with Crippen LogP contribution in [0.2, 0.25) is 0 Å². The molecule has 1 fully saturated rings. The van der Waals surface area contributed by atoms with Gasteiger partial charge in [-0.15, -0.1) is 0 Å². The predicted molar refractivity (Wildman–Crippen MR) is 75.0 cm³/mol. The van der Waals surface area contributed by atoms with Crippen molar-refractivity contribution in [3.05, 3.63) is 23.8 Å². The lowest BCUT2D eigenvalue weighted by atomic mass is 10.0. The third-order valence-corrected chi connectivity index (χ3v) is 3.67. The molecule has 0 bridgehead atoms. The van der Waals surface area contributed by atoms with E-state index < -0.39 is 0 Å². The van der Waals surface area contributed by atoms with Crippen LogP contribution in [-0.2, 0) is 0 Å². The van der Waals surface area contributed by atoms with Crippen LogP contribution < -0.4 is 9.47 Å². The fourth-order valence-electron chi connectivity index (χ4n) is 2.37. The molecule has 1 aliphatic heterocycles. The number of aliphatic hydroxyl groups is 1. The lowest BCUT2D eigenvalue weighted by molar-refractivity contribution is 0.199. The molecule has 2 rings (SSSR count). The molecule has 0 aromatic heterocycles. The molecule has 0 aliphatic carbocycles. The summed E-state index contributed by atoms with van der Waals surface area (Å²) in [6.07, 6.45) is 1.26. The average Bonchev–Trinajstić information content (AvgIpc) is 2.83. The van der Waals surface area contributed by atoms with Crippen LogP contribution in [0.3, 0.4) is 0 Å². The monoisotopic (exact) mass is 265 g/mol. The first-order chi connectivity index (χ1) is 9.13. The molecule has 2 atom stereocenters. The second-order valence-electron chi connectivity index (χ2n) is 5.28. The highest BCUT2D eigenvalue weighted by molar-refractivity contribution is 5.44. The number of benzene rings is 1. The lowest BCUT2D eigenvalue weighted by Gasteiger charge is -2.18. The Morgan fingerprint density at radius 2 is 2.21 bits per heavy atom. The van der Waals surface area contributed by atoms with E-state index in [4.69, 9.17) is 9.47 Å². The third-order valence-electron chi connectivity index (χ3n) is 3.67. The molecule has 1 aliphatic rings. The standard InChI is InChI=1S/C15H23NO3/c1-11(10-17)12-4-5-14(18-3)15(8-12)19-13-6-7-16(2)9-13/h4-5,8,11,13,17H,6-7,9-10H2,1-3H3. The van der Waals surface area contributed by atoms with Gasteiger partial charge in [-0.3, -0.25) is 0 Å². The van der Waals surface area contributed by atoms with Crippen molar-refractivity contribution < 1.29 is 14.6 Å². The predicted octanol–water partition coefficient (Wildman–Crippen LogP) is 1.87. The second kappa shape index (κ2) is 6.26. The van der Waals surface area contributed by atoms with Crippen LogP contribution >= 0.6 is 0 Å². The van der Waals surface area contributed by atoms with Crippen molar-refractivity contribution in [3.63, 3.8) is 0 Å². The first kappa shape index (κ1) is 14.2. The minimum absolute atomic E-state index is 0.111. The Bertz CT molecular complexity index is 422. The van der Waals surface area contributed by atoms with Gasteiger partial charge in [0.15, 0.2) is 11.5 Å². The van der Waals surface area contributed by atoms with Crippen molar-refractivity contribution in [2.45, 2.75) is 25.4 Å². The highest BCUT2D eigenvalue weighted by atomic mass is 16.5. The molecule has 106 valence electrons. The van der Waals surface area contributed by atoms with Crippen LogP contribution in [0.1, 0.15) is 24.8 Å². The number of hydrogen-bond acceptors (Lipinski definition) is 4. The Labute approximate surface area is 114 Å². The minimum Gasteiger partial charge on any atom is -0.493 e. The number of likely N-dealkylation sites (N-methyl/N-ethyl adjacent to an activating group) is 1. The van der Waals surface area contributed by atoms with Gasteiger partial charge >= 0.3 is 0 Å². The summed E-state index contributed by atoms with van der Waals surface area (Å²) in [6, 6.07) is 5.88. The number of aliphatic hydroxyl groups excluding tert-OH is 1. The largest absolute Gasteiger partial charge is 0.493 e. The Morgan fingerprint density at radius 1 is 1.42 bits per heavy atom. The van der Waals surface area contributed by atoms with Crippen LogP contribution in [0.25, 0.3) is 0 Å². The topological polar surface area (TPSA) is 41.9 Å². The smallest absolute Gasteiger partial charge is 0.161 e. The van der Waals surface area contributed by atoms with Gasteiger partial charge in [-0.05, 0) is 31.2 Å². The maximum Gasteiger partial charge on any atom is 0.161 e. The van der Waals surface area contributed by atoms with E-state index >= 15 is 0 Å². The van der Waals surface area contributed by atoms with E-state index in [1.165, 1.54) is 0 Å². The van der Waals surface area contributed by atoms with Crippen molar-refractivity contribution in [2.24, 2.45) is 0 Å². The third kappa shape index (κ3) is 3.39. The summed E-state index contributed by atoms with van der Waals surface area (Å²) >= 11 is 0. The highest BCUT2D eigenvalue weighted by Gasteiger charge is 2.22. The average molecular weight is 265 g/mol. The molecule has 1 heterocycles. The van der Waals surface area contributed by atoms with Crippen molar-refractivity contribution in [3.8, 4) is 11.5 Å². The van der Waals surface area contributed by atoms with Gasteiger partial charge < -0.3 is 19.5 Å². The Kier molecular flexibility index (Phi) is 4.66. The van der Waals surface area contributed by atoms with E-state index in [1.54, 1.807) is 7.11 Å². The van der Waals surface area contributed by atoms with Gasteiger partial charge in [0.25, 0.3) is 0 Å². The maximum absolute atomic E-state index is 9.25. The number of likely N-dealkylation sites (tertiary alicyclic amines) is 1. The molecule has 1 N–H and O–H groups in total. The Morgan fingerprint density at radius 3 is 2.79 bits per heavy atom. The number of nitrogens with zero attached hydrogens (tertiary/aromatic N) is 1. The molecule has 1 aromatic rings. The van der Waals surface area contributed by atoms with E-state index in [0.29, 0.717) is 0 Å². The van der Waals surface area contributed by atoms with E-state index in [9.17, 15) is 5.11 Å². The zero-order chi connectivity index (χ0) is 13.8. The summed E-state index contributed by atoms with van der Waals surface area (Å²) in [4.78, 5) is 2.26. The van der Waals surface area contributed by atoms with Crippen LogP contribution in [0, 0.1) is 0 Å². The van der Waals surface area contributed by atoms with E-state index in [0.717, 1.165) is 36.6 Å². The molecular formula is C15H23NO3. The summed E-state index contributed by atoms with van der Waals surface area (Å²) in [6.45, 7) is 4.15. The number of hydrogen-bond donors (Lipinski definition) is 1. The number of methoxy groups -OCH3 is 1. The summed E-state index contributed by atoms with van der Waals surface area (Å²) in [5.74, 6) is 1.64. The van der Waals surface area contributed by atoms with Crippen molar-refractivity contribution in [1.29, 1.82) is 0 Å². The minimum atomic E-state index is 0.111. The van der Waals surface area contributed by atoms with Crippen molar-refractivity contribution in [1.82, 2.24) is 4.90 Å². The lowest BCUT2D eigenvalue weighted by Crippen LogP contribution is -2.21. The van der Waals surface area contributed by atoms with Gasteiger partial charge in [0.05, 0.1) is 7.11 Å². The first-order valence-electron chi connectivity index (χ1n) is 6.78. The SMILES string of the molecule is COc1ccc(C(C)CO)cc1OC1CCN(C)C1. The van der Waals surface area contributed by atoms with Crippen LogP contribution in [0.15, 0.2) is 18.2 Å². The summed E-state index contributed by atoms with van der Waals surface area (Å²) in [5.41, 5.74) is 1.07. The van der Waals surface area contributed by atoms with Crippen molar-refractivity contribution >= 4 is 0 Å². The molecule has 4 nitrogen and oxygen atoms in total. The Hall–Kier alpha value is -1.26. The van der Waals surface area contributed by atoms with Crippen LogP contribution in [-0.4, -0.2) is 50.0 Å². The molecule has 0 amide bonds. The molecular weight excluding hydrogens is 242 g/mol. The van der Waals surface area contributed by atoms with Crippen LogP contribution in [0.4, 0.5) is 0 Å². The maximum atomic E-state index is 9.25. The molecule has 0 spiro atoms. The number of rotatable bonds is 5. The van der Waals surface area contributed by atoms with Gasteiger partial charge in [0, 0.05) is 25.6 Å². The molecule has 0 radical (unpaired) electrons. The van der Waals surface area contributed by atoms with Gasteiger partial charge in [0.2, 0.25) is 0 Å². The molecule has 19 heavy (non-hydrogen) atoms. The zero-order valence-corrected chi connectivity index (χ0v) is 11.9. The fraction of sp³-hybridized carbons (Fsp3) is 0.600. The summed E-state index contributed by atoms with van der Waals surface area (Å²) in [5, 5.41) is 9.25. The normalized spacial score (nSPS) is 21.4. The molecule has 2 unspecified atom stereocenters. The quantitative estimate of drug-likeness (QED) is 0.882. The summed E-state index contributed by atoms with van der Waals surface area (Å²) in [7, 11) is 3.75. The zero-order valence-electron chi connectivity index (χ0n) is 11.9.